The Labute approximate surface area is 140 Å². The molecule has 1 aromatic rings. The number of carbonyl (C=O) groups excluding carboxylic acids is 1. The number of nitrogens with one attached hydrogen (secondary N) is 1. The van der Waals surface area contributed by atoms with Gasteiger partial charge in [-0.3, -0.25) is 9.69 Å². The van der Waals surface area contributed by atoms with Gasteiger partial charge >= 0.3 is 6.61 Å². The molecule has 1 aliphatic rings. The van der Waals surface area contributed by atoms with Crippen LogP contribution in [0.5, 0.6) is 5.75 Å². The number of benzene rings is 1. The zero-order valence-electron chi connectivity index (χ0n) is 13.8. The maximum absolute atomic E-state index is 12.4. The lowest BCUT2D eigenvalue weighted by Crippen LogP contribution is -2.40. The lowest BCUT2D eigenvalue weighted by atomic mass is 9.86. The number of amides is 1. The SMILES string of the molecule is CN(CC(=O)Nc1ccccc1OC(F)F)C1CCC(CO)CC1. The molecule has 1 amide bonds. The van der Waals surface area contributed by atoms with Crippen LogP contribution in [0.2, 0.25) is 0 Å². The normalized spacial score (nSPS) is 21.1. The van der Waals surface area contributed by atoms with Crippen molar-refractivity contribution in [1.82, 2.24) is 4.90 Å². The quantitative estimate of drug-likeness (QED) is 0.800. The first kappa shape index (κ1) is 18.6. The third-order valence-corrected chi connectivity index (χ3v) is 4.47. The van der Waals surface area contributed by atoms with E-state index in [1.807, 2.05) is 11.9 Å². The molecule has 0 aromatic heterocycles. The molecule has 1 aliphatic carbocycles. The van der Waals surface area contributed by atoms with Crippen LogP contribution in [-0.2, 0) is 4.79 Å². The summed E-state index contributed by atoms with van der Waals surface area (Å²) < 4.78 is 29.2. The number of alkyl halides is 2. The van der Waals surface area contributed by atoms with Gasteiger partial charge in [0, 0.05) is 12.6 Å². The summed E-state index contributed by atoms with van der Waals surface area (Å²) in [6.07, 6.45) is 3.80. The predicted octanol–water partition coefficient (Wildman–Crippen LogP) is 2.71. The molecule has 5 nitrogen and oxygen atoms in total. The van der Waals surface area contributed by atoms with Crippen molar-refractivity contribution in [3.63, 3.8) is 0 Å². The van der Waals surface area contributed by atoms with Crippen LogP contribution in [0, 0.1) is 5.92 Å². The van der Waals surface area contributed by atoms with Gasteiger partial charge in [-0.15, -0.1) is 0 Å². The molecule has 0 heterocycles. The minimum atomic E-state index is -2.94. The average molecular weight is 342 g/mol. The Morgan fingerprint density at radius 1 is 1.33 bits per heavy atom. The smallest absolute Gasteiger partial charge is 0.387 e. The minimum absolute atomic E-state index is 0.0491. The molecule has 0 radical (unpaired) electrons. The Kier molecular flexibility index (Phi) is 6.93. The first-order chi connectivity index (χ1) is 11.5. The van der Waals surface area contributed by atoms with Crippen molar-refractivity contribution < 1.29 is 23.4 Å². The first-order valence-corrected chi connectivity index (χ1v) is 8.14. The molecule has 2 rings (SSSR count). The molecule has 0 aliphatic heterocycles. The largest absolute Gasteiger partial charge is 0.433 e. The topological polar surface area (TPSA) is 61.8 Å². The molecular weight excluding hydrogens is 318 g/mol. The molecule has 24 heavy (non-hydrogen) atoms. The Morgan fingerprint density at radius 2 is 2.00 bits per heavy atom. The van der Waals surface area contributed by atoms with E-state index in [9.17, 15) is 18.7 Å². The van der Waals surface area contributed by atoms with Gasteiger partial charge in [0.05, 0.1) is 12.2 Å². The summed E-state index contributed by atoms with van der Waals surface area (Å²) in [6, 6.07) is 6.43. The number of aliphatic hydroxyl groups excluding tert-OH is 1. The van der Waals surface area contributed by atoms with E-state index in [0.29, 0.717) is 12.0 Å². The second-order valence-electron chi connectivity index (χ2n) is 6.20. The van der Waals surface area contributed by atoms with Crippen molar-refractivity contribution in [3.8, 4) is 5.75 Å². The Balaban J connectivity index is 1.87. The van der Waals surface area contributed by atoms with Crippen LogP contribution >= 0.6 is 0 Å². The van der Waals surface area contributed by atoms with Gasteiger partial charge in [0.25, 0.3) is 0 Å². The number of rotatable bonds is 7. The first-order valence-electron chi connectivity index (χ1n) is 8.14. The van der Waals surface area contributed by atoms with Crippen molar-refractivity contribution in [1.29, 1.82) is 0 Å². The molecule has 0 atom stereocenters. The van der Waals surface area contributed by atoms with Gasteiger partial charge < -0.3 is 15.2 Å². The molecule has 7 heteroatoms. The zero-order valence-corrected chi connectivity index (χ0v) is 13.8. The van der Waals surface area contributed by atoms with Crippen LogP contribution < -0.4 is 10.1 Å². The highest BCUT2D eigenvalue weighted by molar-refractivity contribution is 5.93. The second kappa shape index (κ2) is 8.94. The summed E-state index contributed by atoms with van der Waals surface area (Å²) in [6.45, 7) is -2.54. The van der Waals surface area contributed by atoms with Crippen molar-refractivity contribution in [2.24, 2.45) is 5.92 Å². The molecule has 0 saturated heterocycles. The van der Waals surface area contributed by atoms with Crippen LogP contribution in [0.4, 0.5) is 14.5 Å². The lowest BCUT2D eigenvalue weighted by molar-refractivity contribution is -0.117. The fourth-order valence-electron chi connectivity index (χ4n) is 3.08. The van der Waals surface area contributed by atoms with Crippen LogP contribution in [0.3, 0.4) is 0 Å². The van der Waals surface area contributed by atoms with E-state index >= 15 is 0 Å². The Hall–Kier alpha value is -1.73. The zero-order chi connectivity index (χ0) is 17.5. The van der Waals surface area contributed by atoms with Crippen molar-refractivity contribution in [2.45, 2.75) is 38.3 Å². The maximum atomic E-state index is 12.4. The summed E-state index contributed by atoms with van der Waals surface area (Å²) in [5.74, 6) is 0.0425. The highest BCUT2D eigenvalue weighted by atomic mass is 19.3. The number of aliphatic hydroxyl groups is 1. The number of carbonyl (C=O) groups is 1. The van der Waals surface area contributed by atoms with Gasteiger partial charge in [-0.05, 0) is 50.8 Å². The van der Waals surface area contributed by atoms with E-state index in [1.165, 1.54) is 12.1 Å². The van der Waals surface area contributed by atoms with E-state index in [0.717, 1.165) is 25.7 Å². The van der Waals surface area contributed by atoms with Crippen LogP contribution in [0.15, 0.2) is 24.3 Å². The molecule has 1 aromatic carbocycles. The molecule has 1 saturated carbocycles. The summed E-state index contributed by atoms with van der Waals surface area (Å²) >= 11 is 0. The highest BCUT2D eigenvalue weighted by Crippen LogP contribution is 2.27. The number of halogens is 2. The third kappa shape index (κ3) is 5.42. The van der Waals surface area contributed by atoms with E-state index in [1.54, 1.807) is 12.1 Å². The number of anilines is 1. The minimum Gasteiger partial charge on any atom is -0.433 e. The fraction of sp³-hybridized carbons (Fsp3) is 0.588. The summed E-state index contributed by atoms with van der Waals surface area (Å²) in [5.41, 5.74) is 0.236. The average Bonchev–Trinajstić information content (AvgIpc) is 2.56. The third-order valence-electron chi connectivity index (χ3n) is 4.47. The summed E-state index contributed by atoms with van der Waals surface area (Å²) in [4.78, 5) is 14.2. The van der Waals surface area contributed by atoms with Gasteiger partial charge in [-0.25, -0.2) is 0 Å². The molecule has 0 spiro atoms. The van der Waals surface area contributed by atoms with Crippen molar-refractivity contribution in [2.75, 3.05) is 25.5 Å². The number of ether oxygens (including phenoxy) is 1. The number of hydrogen-bond donors (Lipinski definition) is 2. The van der Waals surface area contributed by atoms with Crippen molar-refractivity contribution in [3.05, 3.63) is 24.3 Å². The Bertz CT molecular complexity index is 534. The van der Waals surface area contributed by atoms with Crippen LogP contribution in [-0.4, -0.2) is 48.8 Å². The van der Waals surface area contributed by atoms with Crippen LogP contribution in [0.25, 0.3) is 0 Å². The fourth-order valence-corrected chi connectivity index (χ4v) is 3.08. The number of nitrogens with zero attached hydrogens (tertiary/aromatic N) is 1. The van der Waals surface area contributed by atoms with Crippen molar-refractivity contribution >= 4 is 11.6 Å². The molecule has 2 N–H and O–H groups in total. The van der Waals surface area contributed by atoms with E-state index in [4.69, 9.17) is 0 Å². The standard InChI is InChI=1S/C17H24F2N2O3/c1-21(13-8-6-12(11-22)7-9-13)10-16(23)20-14-4-2-3-5-15(14)24-17(18)19/h2-5,12-13,17,22H,6-11H2,1H3,(H,20,23). The van der Waals surface area contributed by atoms with E-state index in [-0.39, 0.29) is 30.5 Å². The van der Waals surface area contributed by atoms with Gasteiger partial charge in [-0.2, -0.15) is 8.78 Å². The van der Waals surface area contributed by atoms with Gasteiger partial charge in [0.1, 0.15) is 5.75 Å². The summed E-state index contributed by atoms with van der Waals surface area (Å²) in [7, 11) is 1.88. The molecule has 1 fully saturated rings. The molecule has 0 unspecified atom stereocenters. The lowest BCUT2D eigenvalue weighted by Gasteiger charge is -2.33. The van der Waals surface area contributed by atoms with Gasteiger partial charge in [0.2, 0.25) is 5.91 Å². The monoisotopic (exact) mass is 342 g/mol. The molecule has 134 valence electrons. The van der Waals surface area contributed by atoms with E-state index in [2.05, 4.69) is 10.1 Å². The second-order valence-corrected chi connectivity index (χ2v) is 6.20. The predicted molar refractivity (Wildman–Crippen MR) is 87.2 cm³/mol. The van der Waals surface area contributed by atoms with E-state index < -0.39 is 6.61 Å². The Morgan fingerprint density at radius 3 is 2.62 bits per heavy atom. The van der Waals surface area contributed by atoms with Crippen LogP contribution in [0.1, 0.15) is 25.7 Å². The van der Waals surface area contributed by atoms with Gasteiger partial charge in [-0.1, -0.05) is 12.1 Å². The molecule has 0 bridgehead atoms. The van der Waals surface area contributed by atoms with Gasteiger partial charge in [0.15, 0.2) is 0 Å². The molecular formula is C17H24F2N2O3. The number of likely N-dealkylation sites (N-methyl/N-ethyl adjacent to an activating group) is 1. The maximum Gasteiger partial charge on any atom is 0.387 e. The summed E-state index contributed by atoms with van der Waals surface area (Å²) in [5, 5.41) is 11.8. The highest BCUT2D eigenvalue weighted by Gasteiger charge is 2.24. The number of para-hydroxylation sites is 2. The number of hydrogen-bond acceptors (Lipinski definition) is 4.